The van der Waals surface area contributed by atoms with Gasteiger partial charge in [-0.2, -0.15) is 0 Å². The van der Waals surface area contributed by atoms with Crippen LogP contribution in [0.15, 0.2) is 12.1 Å². The average molecular weight is 267 g/mol. The van der Waals surface area contributed by atoms with Gasteiger partial charge in [-0.15, -0.1) is 0 Å². The molecule has 2 N–H and O–H groups in total. The van der Waals surface area contributed by atoms with Gasteiger partial charge in [0.2, 0.25) is 0 Å². The maximum absolute atomic E-state index is 13.7. The van der Waals surface area contributed by atoms with E-state index in [1.807, 2.05) is 6.92 Å². The molecular weight excluding hydrogens is 245 g/mol. The molecular formula is C15H22FNO2. The molecule has 0 amide bonds. The highest BCUT2D eigenvalue weighted by Gasteiger charge is 2.26. The number of halogens is 1. The lowest BCUT2D eigenvalue weighted by Crippen LogP contribution is -2.42. The van der Waals surface area contributed by atoms with Crippen LogP contribution < -0.4 is 4.90 Å². The van der Waals surface area contributed by atoms with Crippen molar-refractivity contribution in [3.05, 3.63) is 29.1 Å². The fraction of sp³-hybridized carbons (Fsp3) is 0.600. The first-order valence-electron chi connectivity index (χ1n) is 6.81. The topological polar surface area (TPSA) is 43.7 Å². The fourth-order valence-electron chi connectivity index (χ4n) is 2.64. The lowest BCUT2D eigenvalue weighted by atomic mass is 9.94. The first-order chi connectivity index (χ1) is 8.90. The van der Waals surface area contributed by atoms with Gasteiger partial charge < -0.3 is 15.1 Å². The highest BCUT2D eigenvalue weighted by atomic mass is 19.1. The molecule has 19 heavy (non-hydrogen) atoms. The minimum absolute atomic E-state index is 0.181. The second-order valence-electron chi connectivity index (χ2n) is 5.62. The molecule has 0 radical (unpaired) electrons. The Labute approximate surface area is 113 Å². The van der Waals surface area contributed by atoms with Crippen LogP contribution in [0.5, 0.6) is 0 Å². The van der Waals surface area contributed by atoms with Crippen molar-refractivity contribution >= 4 is 5.69 Å². The number of nitrogens with zero attached hydrogens (tertiary/aromatic N) is 1. The molecule has 1 heterocycles. The highest BCUT2D eigenvalue weighted by molar-refractivity contribution is 5.57. The van der Waals surface area contributed by atoms with E-state index < -0.39 is 6.10 Å². The van der Waals surface area contributed by atoms with Crippen LogP contribution in [0.25, 0.3) is 0 Å². The lowest BCUT2D eigenvalue weighted by molar-refractivity contribution is 0.0968. The molecule has 0 spiro atoms. The van der Waals surface area contributed by atoms with E-state index in [4.69, 9.17) is 0 Å². The Hall–Kier alpha value is -1.13. The number of aryl methyl sites for hydroxylation is 1. The van der Waals surface area contributed by atoms with E-state index in [2.05, 4.69) is 4.90 Å². The third-order valence-electron chi connectivity index (χ3n) is 3.96. The molecule has 106 valence electrons. The molecule has 4 heteroatoms. The van der Waals surface area contributed by atoms with Gasteiger partial charge in [0.15, 0.2) is 0 Å². The quantitative estimate of drug-likeness (QED) is 0.864. The van der Waals surface area contributed by atoms with Crippen LogP contribution >= 0.6 is 0 Å². The number of piperidine rings is 1. The zero-order valence-electron chi connectivity index (χ0n) is 11.7. The van der Waals surface area contributed by atoms with Gasteiger partial charge in [-0.3, -0.25) is 0 Å². The average Bonchev–Trinajstić information content (AvgIpc) is 2.35. The van der Waals surface area contributed by atoms with E-state index in [-0.39, 0.29) is 17.8 Å². The summed E-state index contributed by atoms with van der Waals surface area (Å²) in [5, 5.41) is 19.6. The van der Waals surface area contributed by atoms with Gasteiger partial charge in [0.05, 0.1) is 12.2 Å². The van der Waals surface area contributed by atoms with E-state index in [0.717, 1.165) is 18.8 Å². The fourth-order valence-corrected chi connectivity index (χ4v) is 2.64. The molecule has 3 nitrogen and oxygen atoms in total. The van der Waals surface area contributed by atoms with Crippen LogP contribution in [-0.2, 0) is 0 Å². The molecule has 1 aromatic carbocycles. The monoisotopic (exact) mass is 267 g/mol. The summed E-state index contributed by atoms with van der Waals surface area (Å²) in [6.45, 7) is 6.85. The Morgan fingerprint density at radius 2 is 2.11 bits per heavy atom. The van der Waals surface area contributed by atoms with Gasteiger partial charge in [0, 0.05) is 24.3 Å². The summed E-state index contributed by atoms with van der Waals surface area (Å²) < 4.78 is 13.7. The molecule has 1 aliphatic rings. The summed E-state index contributed by atoms with van der Waals surface area (Å²) in [6, 6.07) is 3.22. The highest BCUT2D eigenvalue weighted by Crippen LogP contribution is 2.32. The van der Waals surface area contributed by atoms with Crippen molar-refractivity contribution in [2.24, 2.45) is 5.92 Å². The second-order valence-corrected chi connectivity index (χ2v) is 5.62. The first kappa shape index (κ1) is 14.3. The largest absolute Gasteiger partial charge is 0.393 e. The lowest BCUT2D eigenvalue weighted by Gasteiger charge is -2.37. The zero-order chi connectivity index (χ0) is 14.2. The van der Waals surface area contributed by atoms with Crippen molar-refractivity contribution < 1.29 is 14.6 Å². The van der Waals surface area contributed by atoms with Crippen LogP contribution in [0.1, 0.15) is 37.5 Å². The Balaban J connectivity index is 2.35. The Morgan fingerprint density at radius 3 is 2.68 bits per heavy atom. The summed E-state index contributed by atoms with van der Waals surface area (Å²) in [4.78, 5) is 2.13. The molecule has 2 rings (SSSR count). The van der Waals surface area contributed by atoms with Crippen molar-refractivity contribution in [2.45, 2.75) is 39.4 Å². The number of anilines is 1. The maximum atomic E-state index is 13.7. The van der Waals surface area contributed by atoms with E-state index in [1.165, 1.54) is 6.07 Å². The second kappa shape index (κ2) is 5.47. The molecule has 0 aromatic heterocycles. The first-order valence-corrected chi connectivity index (χ1v) is 6.81. The van der Waals surface area contributed by atoms with Gasteiger partial charge >= 0.3 is 0 Å². The number of benzene rings is 1. The minimum atomic E-state index is -0.702. The van der Waals surface area contributed by atoms with Gasteiger partial charge in [0.25, 0.3) is 0 Å². The molecule has 1 aliphatic heterocycles. The van der Waals surface area contributed by atoms with Gasteiger partial charge in [-0.25, -0.2) is 4.39 Å². The number of hydrogen-bond acceptors (Lipinski definition) is 3. The van der Waals surface area contributed by atoms with Gasteiger partial charge in [-0.05, 0) is 43.9 Å². The van der Waals surface area contributed by atoms with Crippen molar-refractivity contribution in [2.75, 3.05) is 18.0 Å². The van der Waals surface area contributed by atoms with E-state index in [9.17, 15) is 14.6 Å². The number of aliphatic hydroxyl groups excluding tert-OH is 2. The zero-order valence-corrected chi connectivity index (χ0v) is 11.7. The van der Waals surface area contributed by atoms with E-state index in [0.29, 0.717) is 17.5 Å². The van der Waals surface area contributed by atoms with Crippen LogP contribution in [0.2, 0.25) is 0 Å². The summed E-state index contributed by atoms with van der Waals surface area (Å²) in [5.41, 5.74) is 2.08. The normalized spacial score (nSPS) is 25.5. The van der Waals surface area contributed by atoms with Crippen molar-refractivity contribution in [3.63, 3.8) is 0 Å². The molecule has 1 fully saturated rings. The third-order valence-corrected chi connectivity index (χ3v) is 3.96. The van der Waals surface area contributed by atoms with Crippen molar-refractivity contribution in [3.8, 4) is 0 Å². The summed E-state index contributed by atoms with van der Waals surface area (Å²) in [5.74, 6) is -0.106. The third kappa shape index (κ3) is 2.90. The smallest absolute Gasteiger partial charge is 0.126 e. The minimum Gasteiger partial charge on any atom is -0.393 e. The predicted octanol–water partition coefficient (Wildman–Crippen LogP) is 2.39. The number of rotatable bonds is 2. The van der Waals surface area contributed by atoms with Crippen LogP contribution in [0.4, 0.5) is 10.1 Å². The molecule has 0 aliphatic carbocycles. The SMILES string of the molecule is Cc1cc(N2CCC(O)C(C)C2)c([C@@H](C)O)cc1F. The Kier molecular flexibility index (Phi) is 4.11. The Morgan fingerprint density at radius 1 is 1.42 bits per heavy atom. The molecule has 3 atom stereocenters. The predicted molar refractivity (Wildman–Crippen MR) is 73.8 cm³/mol. The molecule has 0 saturated carbocycles. The standard InChI is InChI=1S/C15H22FNO2/c1-9-6-14(12(11(3)18)7-13(9)16)17-5-4-15(19)10(2)8-17/h6-7,10-11,15,18-19H,4-5,8H2,1-3H3/t10?,11-,15?/m1/s1. The van der Waals surface area contributed by atoms with E-state index in [1.54, 1.807) is 19.9 Å². The molecule has 0 bridgehead atoms. The Bertz CT molecular complexity index is 462. The summed E-state index contributed by atoms with van der Waals surface area (Å²) in [7, 11) is 0. The number of hydrogen-bond donors (Lipinski definition) is 2. The molecule has 1 saturated heterocycles. The summed E-state index contributed by atoms with van der Waals surface area (Å²) >= 11 is 0. The molecule has 1 aromatic rings. The number of aliphatic hydroxyl groups is 2. The van der Waals surface area contributed by atoms with Crippen molar-refractivity contribution in [1.82, 2.24) is 0 Å². The van der Waals surface area contributed by atoms with Gasteiger partial charge in [-0.1, -0.05) is 6.92 Å². The van der Waals surface area contributed by atoms with Crippen LogP contribution in [-0.4, -0.2) is 29.4 Å². The van der Waals surface area contributed by atoms with Gasteiger partial charge in [0.1, 0.15) is 5.82 Å². The maximum Gasteiger partial charge on any atom is 0.126 e. The van der Waals surface area contributed by atoms with Crippen LogP contribution in [0, 0.1) is 18.7 Å². The van der Waals surface area contributed by atoms with Crippen LogP contribution in [0.3, 0.4) is 0 Å². The molecule has 2 unspecified atom stereocenters. The van der Waals surface area contributed by atoms with Crippen molar-refractivity contribution in [1.29, 1.82) is 0 Å². The summed E-state index contributed by atoms with van der Waals surface area (Å²) in [6.07, 6.45) is -0.267. The van der Waals surface area contributed by atoms with E-state index >= 15 is 0 Å².